The number of thioether (sulfide) groups is 1. The van der Waals surface area contributed by atoms with Gasteiger partial charge >= 0.3 is 5.51 Å². The van der Waals surface area contributed by atoms with Crippen molar-refractivity contribution >= 4 is 40.8 Å². The van der Waals surface area contributed by atoms with Gasteiger partial charge in [-0.15, -0.1) is 0 Å². The standard InChI is InChI=1S/C7H6Cl2F3N3S/c8-4-3-14-6(9)15-5(4)13-1-2-16-7(10,11)12/h3H,1-2H2,(H,13,14,15). The average molecular weight is 292 g/mol. The highest BCUT2D eigenvalue weighted by molar-refractivity contribution is 8.00. The maximum Gasteiger partial charge on any atom is 0.441 e. The molecule has 0 amide bonds. The zero-order valence-corrected chi connectivity index (χ0v) is 10.0. The lowest BCUT2D eigenvalue weighted by molar-refractivity contribution is -0.0327. The first-order valence-corrected chi connectivity index (χ1v) is 5.75. The molecule has 0 saturated carbocycles. The summed E-state index contributed by atoms with van der Waals surface area (Å²) in [6.07, 6.45) is 1.27. The summed E-state index contributed by atoms with van der Waals surface area (Å²) in [7, 11) is 0. The molecule has 0 atom stereocenters. The highest BCUT2D eigenvalue weighted by Crippen LogP contribution is 2.29. The molecule has 0 aliphatic carbocycles. The van der Waals surface area contributed by atoms with Crippen LogP contribution >= 0.6 is 35.0 Å². The minimum absolute atomic E-state index is 0.0182. The van der Waals surface area contributed by atoms with Crippen molar-refractivity contribution < 1.29 is 13.2 Å². The van der Waals surface area contributed by atoms with E-state index in [-0.39, 0.29) is 40.2 Å². The van der Waals surface area contributed by atoms with Crippen LogP contribution in [0.25, 0.3) is 0 Å². The van der Waals surface area contributed by atoms with E-state index in [0.717, 1.165) is 0 Å². The summed E-state index contributed by atoms with van der Waals surface area (Å²) in [6, 6.07) is 0. The van der Waals surface area contributed by atoms with Gasteiger partial charge in [0.05, 0.1) is 6.20 Å². The molecule has 0 aliphatic heterocycles. The number of aromatic nitrogens is 2. The maximum absolute atomic E-state index is 11.8. The quantitative estimate of drug-likeness (QED) is 0.681. The summed E-state index contributed by atoms with van der Waals surface area (Å²) in [5.74, 6) is 0.0889. The molecule has 1 heterocycles. The fourth-order valence-corrected chi connectivity index (χ4v) is 1.53. The summed E-state index contributed by atoms with van der Waals surface area (Å²) in [4.78, 5) is 7.33. The molecule has 0 unspecified atom stereocenters. The van der Waals surface area contributed by atoms with E-state index in [1.807, 2.05) is 0 Å². The first kappa shape index (κ1) is 13.7. The maximum atomic E-state index is 11.8. The molecule has 0 radical (unpaired) electrons. The number of anilines is 1. The van der Waals surface area contributed by atoms with Gasteiger partial charge in [0.2, 0.25) is 5.28 Å². The average Bonchev–Trinajstić information content (AvgIpc) is 2.16. The molecule has 1 aromatic heterocycles. The van der Waals surface area contributed by atoms with Gasteiger partial charge in [0.15, 0.2) is 0 Å². The van der Waals surface area contributed by atoms with Crippen molar-refractivity contribution in [3.05, 3.63) is 16.5 Å². The van der Waals surface area contributed by atoms with Crippen LogP contribution in [0.5, 0.6) is 0 Å². The molecule has 90 valence electrons. The Balaban J connectivity index is 2.40. The van der Waals surface area contributed by atoms with Gasteiger partial charge in [-0.3, -0.25) is 0 Å². The van der Waals surface area contributed by atoms with Crippen molar-refractivity contribution in [1.29, 1.82) is 0 Å². The van der Waals surface area contributed by atoms with Crippen LogP contribution in [0.4, 0.5) is 19.0 Å². The van der Waals surface area contributed by atoms with Crippen LogP contribution in [-0.2, 0) is 0 Å². The summed E-state index contributed by atoms with van der Waals surface area (Å²) in [5, 5.41) is 2.83. The first-order valence-electron chi connectivity index (χ1n) is 4.01. The number of halogens is 5. The number of hydrogen-bond donors (Lipinski definition) is 1. The number of nitrogens with one attached hydrogen (secondary N) is 1. The Hall–Kier alpha value is -0.400. The van der Waals surface area contributed by atoms with Gasteiger partial charge < -0.3 is 5.32 Å². The predicted molar refractivity (Wildman–Crippen MR) is 59.1 cm³/mol. The molecular formula is C7H6Cl2F3N3S. The smallest absolute Gasteiger partial charge is 0.368 e. The third-order valence-corrected chi connectivity index (χ3v) is 2.57. The van der Waals surface area contributed by atoms with Crippen molar-refractivity contribution in [3.63, 3.8) is 0 Å². The largest absolute Gasteiger partial charge is 0.441 e. The molecule has 0 saturated heterocycles. The van der Waals surface area contributed by atoms with Crippen molar-refractivity contribution in [3.8, 4) is 0 Å². The highest BCUT2D eigenvalue weighted by Gasteiger charge is 2.27. The van der Waals surface area contributed by atoms with E-state index in [1.54, 1.807) is 0 Å². The fourth-order valence-electron chi connectivity index (χ4n) is 0.806. The normalized spacial score (nSPS) is 11.6. The zero-order chi connectivity index (χ0) is 12.2. The first-order chi connectivity index (χ1) is 7.38. The minimum Gasteiger partial charge on any atom is -0.368 e. The van der Waals surface area contributed by atoms with Crippen LogP contribution in [0.1, 0.15) is 0 Å². The van der Waals surface area contributed by atoms with Crippen molar-refractivity contribution in [2.45, 2.75) is 5.51 Å². The monoisotopic (exact) mass is 291 g/mol. The molecule has 0 bridgehead atoms. The molecule has 1 rings (SSSR count). The van der Waals surface area contributed by atoms with Crippen LogP contribution < -0.4 is 5.32 Å². The number of nitrogens with zero attached hydrogens (tertiary/aromatic N) is 2. The second-order valence-electron chi connectivity index (χ2n) is 2.56. The van der Waals surface area contributed by atoms with E-state index in [2.05, 4.69) is 15.3 Å². The Morgan fingerprint density at radius 3 is 2.69 bits per heavy atom. The third-order valence-electron chi connectivity index (χ3n) is 1.37. The second kappa shape index (κ2) is 5.79. The SMILES string of the molecule is FC(F)(F)SCCNc1nc(Cl)ncc1Cl. The molecule has 1 N–H and O–H groups in total. The molecule has 3 nitrogen and oxygen atoms in total. The Bertz CT molecular complexity index is 361. The van der Waals surface area contributed by atoms with Crippen LogP contribution in [0.15, 0.2) is 6.20 Å². The molecule has 1 aromatic rings. The molecular weight excluding hydrogens is 286 g/mol. The van der Waals surface area contributed by atoms with Gasteiger partial charge in [0.1, 0.15) is 10.8 Å². The van der Waals surface area contributed by atoms with Gasteiger partial charge in [0.25, 0.3) is 0 Å². The van der Waals surface area contributed by atoms with Gasteiger partial charge in [0, 0.05) is 12.3 Å². The van der Waals surface area contributed by atoms with Crippen molar-refractivity contribution in [1.82, 2.24) is 9.97 Å². The summed E-state index contributed by atoms with van der Waals surface area (Å²) >= 11 is 11.1. The lowest BCUT2D eigenvalue weighted by Crippen LogP contribution is -2.10. The van der Waals surface area contributed by atoms with E-state index >= 15 is 0 Å². The Morgan fingerprint density at radius 2 is 2.06 bits per heavy atom. The molecule has 16 heavy (non-hydrogen) atoms. The van der Waals surface area contributed by atoms with Crippen LogP contribution in [0.3, 0.4) is 0 Å². The van der Waals surface area contributed by atoms with E-state index in [1.165, 1.54) is 6.20 Å². The third kappa shape index (κ3) is 5.09. The zero-order valence-electron chi connectivity index (χ0n) is 7.68. The lowest BCUT2D eigenvalue weighted by Gasteiger charge is -2.08. The van der Waals surface area contributed by atoms with Crippen molar-refractivity contribution in [2.24, 2.45) is 0 Å². The number of rotatable bonds is 4. The van der Waals surface area contributed by atoms with E-state index in [9.17, 15) is 13.2 Å². The van der Waals surface area contributed by atoms with E-state index in [0.29, 0.717) is 0 Å². The number of alkyl halides is 3. The van der Waals surface area contributed by atoms with Crippen LogP contribution in [0.2, 0.25) is 10.3 Å². The minimum atomic E-state index is -4.23. The fraction of sp³-hybridized carbons (Fsp3) is 0.429. The summed E-state index contributed by atoms with van der Waals surface area (Å²) < 4.78 is 35.4. The van der Waals surface area contributed by atoms with E-state index in [4.69, 9.17) is 23.2 Å². The summed E-state index contributed by atoms with van der Waals surface area (Å²) in [5.41, 5.74) is -4.23. The Morgan fingerprint density at radius 1 is 1.38 bits per heavy atom. The molecule has 0 aromatic carbocycles. The van der Waals surface area contributed by atoms with Gasteiger partial charge in [-0.05, 0) is 23.4 Å². The second-order valence-corrected chi connectivity index (χ2v) is 4.46. The van der Waals surface area contributed by atoms with Gasteiger partial charge in [-0.1, -0.05) is 11.6 Å². The van der Waals surface area contributed by atoms with Crippen LogP contribution in [0, 0.1) is 0 Å². The predicted octanol–water partition coefficient (Wildman–Crippen LogP) is 3.45. The van der Waals surface area contributed by atoms with Crippen LogP contribution in [-0.4, -0.2) is 27.8 Å². The van der Waals surface area contributed by atoms with Gasteiger partial charge in [-0.25, -0.2) is 4.98 Å². The van der Waals surface area contributed by atoms with E-state index < -0.39 is 5.51 Å². The van der Waals surface area contributed by atoms with Crippen molar-refractivity contribution in [2.75, 3.05) is 17.6 Å². The lowest BCUT2D eigenvalue weighted by atomic mass is 10.5. The number of hydrogen-bond acceptors (Lipinski definition) is 4. The highest BCUT2D eigenvalue weighted by atomic mass is 35.5. The molecule has 0 fully saturated rings. The molecule has 9 heteroatoms. The Kier molecular flexibility index (Phi) is 4.94. The molecule has 0 aliphatic rings. The topological polar surface area (TPSA) is 37.8 Å². The molecule has 0 spiro atoms. The van der Waals surface area contributed by atoms with Gasteiger partial charge in [-0.2, -0.15) is 18.2 Å². The summed E-state index contributed by atoms with van der Waals surface area (Å²) in [6.45, 7) is 0.0806. The Labute approximate surface area is 104 Å².